The average Bonchev–Trinajstić information content (AvgIpc) is 2.28. The minimum atomic E-state index is -3.46. The molecule has 0 aliphatic carbocycles. The molecule has 0 amide bonds. The molecule has 0 atom stereocenters. The van der Waals surface area contributed by atoms with Gasteiger partial charge in [0, 0.05) is 0 Å². The first-order valence-electron chi connectivity index (χ1n) is 5.12. The molecular weight excluding hydrogens is 268 g/mol. The van der Waals surface area contributed by atoms with Crippen molar-refractivity contribution in [2.24, 2.45) is 0 Å². The Labute approximate surface area is 105 Å². The van der Waals surface area contributed by atoms with E-state index >= 15 is 0 Å². The van der Waals surface area contributed by atoms with Crippen LogP contribution >= 0.6 is 0 Å². The smallest absolute Gasteiger partial charge is 0.438 e. The van der Waals surface area contributed by atoms with Crippen LogP contribution in [-0.2, 0) is 28.8 Å². The summed E-state index contributed by atoms with van der Waals surface area (Å²) in [6, 6.07) is 0. The van der Waals surface area contributed by atoms with Crippen molar-refractivity contribution in [3.05, 3.63) is 0 Å². The molecule has 0 rings (SSSR count). The van der Waals surface area contributed by atoms with Gasteiger partial charge in [0.15, 0.2) is 9.84 Å². The van der Waals surface area contributed by atoms with Crippen LogP contribution in [0.3, 0.4) is 0 Å². The molecule has 0 aromatic carbocycles. The molecule has 18 heavy (non-hydrogen) atoms. The number of ether oxygens (including phenoxy) is 4. The van der Waals surface area contributed by atoms with Crippen molar-refractivity contribution in [1.29, 1.82) is 0 Å². The Hall–Kier alpha value is -1.51. The Kier molecular flexibility index (Phi) is 7.84. The topological polar surface area (TPSA) is 105 Å². The van der Waals surface area contributed by atoms with Gasteiger partial charge in [-0.25, -0.2) is 18.0 Å². The Bertz CT molecular complexity index is 361. The number of rotatable bonds is 7. The Morgan fingerprint density at radius 3 is 1.89 bits per heavy atom. The lowest BCUT2D eigenvalue weighted by atomic mass is 10.8. The summed E-state index contributed by atoms with van der Waals surface area (Å²) < 4.78 is 40.3. The monoisotopic (exact) mass is 284 g/mol. The molecule has 0 heterocycles. The zero-order valence-electron chi connectivity index (χ0n) is 10.2. The van der Waals surface area contributed by atoms with Gasteiger partial charge in [-0.3, -0.25) is 0 Å². The van der Waals surface area contributed by atoms with E-state index in [2.05, 4.69) is 18.9 Å². The number of carbonyl (C=O) groups is 2. The van der Waals surface area contributed by atoms with Gasteiger partial charge in [-0.2, -0.15) is 0 Å². The standard InChI is InChI=1S/C9H16O8S/c1-3-15-9(11)17-5-7-18(12,13)6-4-16-8(10)14-2/h3-7H2,1-2H3. The summed E-state index contributed by atoms with van der Waals surface area (Å²) >= 11 is 0. The van der Waals surface area contributed by atoms with Gasteiger partial charge in [0.2, 0.25) is 0 Å². The van der Waals surface area contributed by atoms with E-state index in [1.807, 2.05) is 0 Å². The summed E-state index contributed by atoms with van der Waals surface area (Å²) in [5.74, 6) is -0.732. The van der Waals surface area contributed by atoms with Crippen LogP contribution in [0.2, 0.25) is 0 Å². The molecule has 0 radical (unpaired) electrons. The number of methoxy groups -OCH3 is 1. The fourth-order valence-corrected chi connectivity index (χ4v) is 1.70. The van der Waals surface area contributed by atoms with Crippen LogP contribution in [0, 0.1) is 0 Å². The molecule has 9 heteroatoms. The van der Waals surface area contributed by atoms with Crippen LogP contribution in [0.4, 0.5) is 9.59 Å². The molecule has 0 saturated heterocycles. The van der Waals surface area contributed by atoms with E-state index in [4.69, 9.17) is 0 Å². The minimum absolute atomic E-state index is 0.151. The van der Waals surface area contributed by atoms with E-state index in [1.54, 1.807) is 6.92 Å². The summed E-state index contributed by atoms with van der Waals surface area (Å²) in [6.45, 7) is 1.13. The molecule has 0 bridgehead atoms. The van der Waals surface area contributed by atoms with Crippen molar-refractivity contribution in [3.63, 3.8) is 0 Å². The molecule has 0 aliphatic heterocycles. The molecular formula is C9H16O8S. The van der Waals surface area contributed by atoms with Gasteiger partial charge in [-0.15, -0.1) is 0 Å². The van der Waals surface area contributed by atoms with E-state index in [1.165, 1.54) is 0 Å². The van der Waals surface area contributed by atoms with Crippen LogP contribution in [-0.4, -0.2) is 59.2 Å². The third kappa shape index (κ3) is 8.62. The number of hydrogen-bond acceptors (Lipinski definition) is 8. The maximum absolute atomic E-state index is 11.4. The largest absolute Gasteiger partial charge is 0.508 e. The van der Waals surface area contributed by atoms with E-state index in [9.17, 15) is 18.0 Å². The van der Waals surface area contributed by atoms with Gasteiger partial charge < -0.3 is 18.9 Å². The second kappa shape index (κ2) is 8.56. The quantitative estimate of drug-likeness (QED) is 0.617. The van der Waals surface area contributed by atoms with Crippen LogP contribution in [0.1, 0.15) is 6.92 Å². The van der Waals surface area contributed by atoms with Crippen molar-refractivity contribution in [2.75, 3.05) is 38.4 Å². The van der Waals surface area contributed by atoms with Crippen LogP contribution in [0.5, 0.6) is 0 Å². The Morgan fingerprint density at radius 1 is 0.944 bits per heavy atom. The minimum Gasteiger partial charge on any atom is -0.438 e. The number of sulfone groups is 1. The predicted octanol–water partition coefficient (Wildman–Crippen LogP) is 0.357. The number of carbonyl (C=O) groups excluding carboxylic acids is 2. The summed E-state index contributed by atoms with van der Waals surface area (Å²) in [6.07, 6.45) is -1.87. The van der Waals surface area contributed by atoms with E-state index in [0.29, 0.717) is 0 Å². The molecule has 0 N–H and O–H groups in total. The average molecular weight is 284 g/mol. The Balaban J connectivity index is 3.80. The van der Waals surface area contributed by atoms with Crippen LogP contribution in [0.15, 0.2) is 0 Å². The second-order valence-corrected chi connectivity index (χ2v) is 5.29. The third-order valence-electron chi connectivity index (χ3n) is 1.66. The highest BCUT2D eigenvalue weighted by Gasteiger charge is 2.14. The highest BCUT2D eigenvalue weighted by Crippen LogP contribution is 1.94. The van der Waals surface area contributed by atoms with Gasteiger partial charge in [0.05, 0.1) is 25.2 Å². The molecule has 0 aliphatic rings. The fourth-order valence-electron chi connectivity index (χ4n) is 0.824. The summed E-state index contributed by atoms with van der Waals surface area (Å²) in [7, 11) is -2.35. The normalized spacial score (nSPS) is 10.6. The highest BCUT2D eigenvalue weighted by atomic mass is 32.2. The first kappa shape index (κ1) is 16.5. The van der Waals surface area contributed by atoms with Gasteiger partial charge in [-0.1, -0.05) is 0 Å². The van der Waals surface area contributed by atoms with E-state index < -0.39 is 22.1 Å². The summed E-state index contributed by atoms with van der Waals surface area (Å²) in [4.78, 5) is 21.3. The third-order valence-corrected chi connectivity index (χ3v) is 3.23. The predicted molar refractivity (Wildman–Crippen MR) is 60.0 cm³/mol. The first-order chi connectivity index (χ1) is 8.41. The second-order valence-electron chi connectivity index (χ2n) is 2.99. The molecule has 0 fully saturated rings. The van der Waals surface area contributed by atoms with Gasteiger partial charge in [0.1, 0.15) is 13.2 Å². The summed E-state index contributed by atoms with van der Waals surface area (Å²) in [5.41, 5.74) is 0. The molecule has 0 unspecified atom stereocenters. The highest BCUT2D eigenvalue weighted by molar-refractivity contribution is 7.91. The van der Waals surface area contributed by atoms with Crippen LogP contribution < -0.4 is 0 Å². The van der Waals surface area contributed by atoms with Gasteiger partial charge >= 0.3 is 12.3 Å². The number of hydrogen-bond donors (Lipinski definition) is 0. The molecule has 0 spiro atoms. The SMILES string of the molecule is CCOC(=O)OCCS(=O)(=O)CCOC(=O)OC. The lowest BCUT2D eigenvalue weighted by Crippen LogP contribution is -2.21. The van der Waals surface area contributed by atoms with Gasteiger partial charge in [-0.05, 0) is 6.92 Å². The van der Waals surface area contributed by atoms with Crippen molar-refractivity contribution >= 4 is 22.1 Å². The maximum atomic E-state index is 11.4. The molecule has 106 valence electrons. The molecule has 0 saturated carbocycles. The molecule has 8 nitrogen and oxygen atoms in total. The van der Waals surface area contributed by atoms with Crippen molar-refractivity contribution in [1.82, 2.24) is 0 Å². The fraction of sp³-hybridized carbons (Fsp3) is 0.778. The van der Waals surface area contributed by atoms with E-state index in [0.717, 1.165) is 7.11 Å². The zero-order chi connectivity index (χ0) is 14.0. The van der Waals surface area contributed by atoms with Crippen molar-refractivity contribution < 1.29 is 37.0 Å². The van der Waals surface area contributed by atoms with Crippen LogP contribution in [0.25, 0.3) is 0 Å². The van der Waals surface area contributed by atoms with Crippen molar-refractivity contribution in [3.8, 4) is 0 Å². The maximum Gasteiger partial charge on any atom is 0.508 e. The van der Waals surface area contributed by atoms with E-state index in [-0.39, 0.29) is 31.3 Å². The zero-order valence-corrected chi connectivity index (χ0v) is 11.0. The molecule has 0 aromatic heterocycles. The lowest BCUT2D eigenvalue weighted by molar-refractivity contribution is 0.0635. The molecule has 0 aromatic rings. The van der Waals surface area contributed by atoms with Crippen molar-refractivity contribution in [2.45, 2.75) is 6.92 Å². The Morgan fingerprint density at radius 2 is 1.44 bits per heavy atom. The summed E-state index contributed by atoms with van der Waals surface area (Å²) in [5, 5.41) is 0. The first-order valence-corrected chi connectivity index (χ1v) is 6.94. The lowest BCUT2D eigenvalue weighted by Gasteiger charge is -2.06. The van der Waals surface area contributed by atoms with Gasteiger partial charge in [0.25, 0.3) is 0 Å².